The van der Waals surface area contributed by atoms with Crippen molar-refractivity contribution in [2.75, 3.05) is 38.5 Å². The molecule has 21 heavy (non-hydrogen) atoms. The lowest BCUT2D eigenvalue weighted by Crippen LogP contribution is -3.00. The van der Waals surface area contributed by atoms with E-state index in [1.54, 1.807) is 0 Å². The Morgan fingerprint density at radius 3 is 2.19 bits per heavy atom. The first-order valence-electron chi connectivity index (χ1n) is 6.81. The number of hydrogen-bond donors (Lipinski definition) is 1. The number of nitrogens with zero attached hydrogens (tertiary/aromatic N) is 1. The number of anilines is 1. The highest BCUT2D eigenvalue weighted by atomic mass is 79.9. The molecule has 1 rings (SSSR count). The van der Waals surface area contributed by atoms with Gasteiger partial charge < -0.3 is 31.9 Å². The molecule has 2 N–H and O–H groups in total. The molecule has 0 atom stereocenters. The normalized spacial score (nSPS) is 10.9. The lowest BCUT2D eigenvalue weighted by molar-refractivity contribution is -0.919. The van der Waals surface area contributed by atoms with E-state index >= 15 is 0 Å². The SMILES string of the molecule is C=CC[N+](CC)(CC)CCOc1c(Br)cc(N)cc1Br.[Br-]. The van der Waals surface area contributed by atoms with E-state index in [9.17, 15) is 0 Å². The van der Waals surface area contributed by atoms with Gasteiger partial charge in [-0.1, -0.05) is 6.58 Å². The molecule has 0 saturated carbocycles. The highest BCUT2D eigenvalue weighted by Gasteiger charge is 2.21. The molecule has 0 amide bonds. The Morgan fingerprint density at radius 1 is 1.24 bits per heavy atom. The molecular formula is C15H23Br3N2O. The third-order valence-corrected chi connectivity index (χ3v) is 4.87. The molecule has 120 valence electrons. The van der Waals surface area contributed by atoms with Gasteiger partial charge in [-0.05, 0) is 63.9 Å². The Hall–Kier alpha value is -0.0400. The molecule has 0 bridgehead atoms. The standard InChI is InChI=1S/C15H23Br2N2O.BrH/c1-4-7-19(5-2,6-3)8-9-20-15-13(16)10-12(18)11-14(15)17;/h4,10-11H,1,5-9,18H2,2-3H3;1H/q+1;/p-1. The van der Waals surface area contributed by atoms with Gasteiger partial charge in [-0.25, -0.2) is 0 Å². The zero-order valence-corrected chi connectivity index (χ0v) is 17.3. The topological polar surface area (TPSA) is 35.2 Å². The number of quaternary nitrogens is 1. The Balaban J connectivity index is 0.00000400. The molecule has 0 radical (unpaired) electrons. The van der Waals surface area contributed by atoms with Crippen LogP contribution in [0.5, 0.6) is 5.75 Å². The second-order valence-corrected chi connectivity index (χ2v) is 6.54. The minimum Gasteiger partial charge on any atom is -1.00 e. The molecule has 3 nitrogen and oxygen atoms in total. The Morgan fingerprint density at radius 2 is 1.76 bits per heavy atom. The van der Waals surface area contributed by atoms with Crippen molar-refractivity contribution in [3.05, 3.63) is 33.7 Å². The molecule has 0 aromatic heterocycles. The number of ether oxygens (including phenoxy) is 1. The molecule has 0 fully saturated rings. The summed E-state index contributed by atoms with van der Waals surface area (Å²) in [5.41, 5.74) is 6.48. The van der Waals surface area contributed by atoms with Crippen molar-refractivity contribution >= 4 is 37.5 Å². The predicted octanol–water partition coefficient (Wildman–Crippen LogP) is 1.22. The van der Waals surface area contributed by atoms with Gasteiger partial charge in [0, 0.05) is 5.69 Å². The quantitative estimate of drug-likeness (QED) is 0.341. The summed E-state index contributed by atoms with van der Waals surface area (Å²) in [7, 11) is 0. The Kier molecular flexibility index (Phi) is 9.85. The third-order valence-electron chi connectivity index (χ3n) is 3.69. The van der Waals surface area contributed by atoms with Crippen molar-refractivity contribution in [3.63, 3.8) is 0 Å². The van der Waals surface area contributed by atoms with Gasteiger partial charge in [0.2, 0.25) is 0 Å². The van der Waals surface area contributed by atoms with Crippen LogP contribution >= 0.6 is 31.9 Å². The van der Waals surface area contributed by atoms with Crippen molar-refractivity contribution in [1.29, 1.82) is 0 Å². The Bertz CT molecular complexity index is 439. The largest absolute Gasteiger partial charge is 1.00 e. The van der Waals surface area contributed by atoms with Crippen LogP contribution in [0.1, 0.15) is 13.8 Å². The summed E-state index contributed by atoms with van der Waals surface area (Å²) in [6.07, 6.45) is 1.99. The van der Waals surface area contributed by atoms with Crippen molar-refractivity contribution in [1.82, 2.24) is 0 Å². The molecule has 0 aliphatic rings. The zero-order valence-electron chi connectivity index (χ0n) is 12.5. The first-order valence-corrected chi connectivity index (χ1v) is 8.40. The molecule has 0 saturated heterocycles. The molecular weight excluding hydrogens is 464 g/mol. The van der Waals surface area contributed by atoms with Gasteiger partial charge in [-0.15, -0.1) is 0 Å². The fourth-order valence-corrected chi connectivity index (χ4v) is 3.67. The summed E-state index contributed by atoms with van der Waals surface area (Å²) in [5, 5.41) is 0. The molecule has 0 aliphatic carbocycles. The first-order chi connectivity index (χ1) is 9.48. The fraction of sp³-hybridized carbons (Fsp3) is 0.467. The van der Waals surface area contributed by atoms with E-state index in [0.717, 1.165) is 45.4 Å². The van der Waals surface area contributed by atoms with Gasteiger partial charge >= 0.3 is 0 Å². The molecule has 0 unspecified atom stereocenters. The van der Waals surface area contributed by atoms with E-state index in [0.29, 0.717) is 12.3 Å². The number of nitrogens with two attached hydrogens (primary N) is 1. The summed E-state index contributed by atoms with van der Waals surface area (Å²) in [6.45, 7) is 13.0. The van der Waals surface area contributed by atoms with Gasteiger partial charge in [0.1, 0.15) is 18.9 Å². The van der Waals surface area contributed by atoms with Crippen LogP contribution in [-0.2, 0) is 0 Å². The number of halogens is 3. The smallest absolute Gasteiger partial charge is 0.148 e. The molecule has 0 aliphatic heterocycles. The maximum Gasteiger partial charge on any atom is 0.148 e. The van der Waals surface area contributed by atoms with Crippen LogP contribution in [0.15, 0.2) is 33.7 Å². The van der Waals surface area contributed by atoms with Crippen molar-refractivity contribution in [2.45, 2.75) is 13.8 Å². The minimum absolute atomic E-state index is 0. The summed E-state index contributed by atoms with van der Waals surface area (Å²) >= 11 is 6.97. The van der Waals surface area contributed by atoms with Gasteiger partial charge in [0.15, 0.2) is 0 Å². The van der Waals surface area contributed by atoms with Crippen LogP contribution in [0.3, 0.4) is 0 Å². The number of rotatable bonds is 8. The highest BCUT2D eigenvalue weighted by molar-refractivity contribution is 9.11. The Labute approximate surface area is 155 Å². The van der Waals surface area contributed by atoms with Gasteiger partial charge in [-0.3, -0.25) is 0 Å². The zero-order chi connectivity index (χ0) is 15.2. The number of likely N-dealkylation sites (N-methyl/N-ethyl adjacent to an activating group) is 1. The van der Waals surface area contributed by atoms with Crippen LogP contribution in [0.25, 0.3) is 0 Å². The van der Waals surface area contributed by atoms with Crippen molar-refractivity contribution in [3.8, 4) is 5.75 Å². The number of hydrogen-bond acceptors (Lipinski definition) is 2. The van der Waals surface area contributed by atoms with Gasteiger partial charge in [-0.2, -0.15) is 0 Å². The average molecular weight is 487 g/mol. The first kappa shape index (κ1) is 21.0. The highest BCUT2D eigenvalue weighted by Crippen LogP contribution is 2.35. The van der Waals surface area contributed by atoms with Crippen molar-refractivity contribution < 1.29 is 26.2 Å². The molecule has 0 spiro atoms. The average Bonchev–Trinajstić information content (AvgIpc) is 2.40. The van der Waals surface area contributed by atoms with Crippen LogP contribution in [0, 0.1) is 0 Å². The second kappa shape index (κ2) is 9.87. The maximum absolute atomic E-state index is 5.93. The lowest BCUT2D eigenvalue weighted by Gasteiger charge is -2.35. The summed E-state index contributed by atoms with van der Waals surface area (Å²) < 4.78 is 8.67. The van der Waals surface area contributed by atoms with E-state index in [4.69, 9.17) is 10.5 Å². The van der Waals surface area contributed by atoms with E-state index in [2.05, 4.69) is 52.3 Å². The van der Waals surface area contributed by atoms with E-state index < -0.39 is 0 Å². The van der Waals surface area contributed by atoms with Crippen LogP contribution in [0.4, 0.5) is 5.69 Å². The molecule has 6 heteroatoms. The third kappa shape index (κ3) is 5.93. The second-order valence-electron chi connectivity index (χ2n) is 4.83. The molecule has 1 aromatic carbocycles. The van der Waals surface area contributed by atoms with Crippen LogP contribution < -0.4 is 27.5 Å². The van der Waals surface area contributed by atoms with Crippen LogP contribution in [-0.4, -0.2) is 37.3 Å². The number of nitrogen functional groups attached to an aromatic ring is 1. The van der Waals surface area contributed by atoms with Gasteiger partial charge in [0.05, 0.1) is 28.6 Å². The van der Waals surface area contributed by atoms with E-state index in [-0.39, 0.29) is 17.0 Å². The summed E-state index contributed by atoms with van der Waals surface area (Å²) in [6, 6.07) is 3.71. The van der Waals surface area contributed by atoms with E-state index in [1.807, 2.05) is 18.2 Å². The number of benzene rings is 1. The maximum atomic E-state index is 5.93. The summed E-state index contributed by atoms with van der Waals surface area (Å²) in [4.78, 5) is 0. The van der Waals surface area contributed by atoms with Gasteiger partial charge in [0.25, 0.3) is 0 Å². The lowest BCUT2D eigenvalue weighted by atomic mass is 10.3. The van der Waals surface area contributed by atoms with Crippen LogP contribution in [0.2, 0.25) is 0 Å². The fourth-order valence-electron chi connectivity index (χ4n) is 2.22. The minimum atomic E-state index is 0. The molecule has 1 aromatic rings. The predicted molar refractivity (Wildman–Crippen MR) is 93.0 cm³/mol. The van der Waals surface area contributed by atoms with E-state index in [1.165, 1.54) is 0 Å². The summed E-state index contributed by atoms with van der Waals surface area (Å²) in [5.74, 6) is 0.808. The molecule has 0 heterocycles. The monoisotopic (exact) mass is 484 g/mol. The van der Waals surface area contributed by atoms with Crippen molar-refractivity contribution in [2.24, 2.45) is 0 Å².